The Morgan fingerprint density at radius 2 is 2.14 bits per heavy atom. The van der Waals surface area contributed by atoms with Gasteiger partial charge >= 0.3 is 0 Å². The van der Waals surface area contributed by atoms with E-state index in [-0.39, 0.29) is 30.8 Å². The molecule has 0 radical (unpaired) electrons. The first-order valence-electron chi connectivity index (χ1n) is 6.35. The summed E-state index contributed by atoms with van der Waals surface area (Å²) in [5, 5.41) is 11.0. The number of carbonyl (C=O) groups excluding carboxylic acids is 3. The highest BCUT2D eigenvalue weighted by molar-refractivity contribution is 5.99. The van der Waals surface area contributed by atoms with Gasteiger partial charge in [-0.25, -0.2) is 0 Å². The Bertz CT molecular complexity index is 654. The normalized spacial score (nSPS) is 16.8. The molecule has 1 heterocycles. The average molecular weight is 304 g/mol. The lowest BCUT2D eigenvalue weighted by Gasteiger charge is -2.22. The molecule has 0 spiro atoms. The maximum atomic E-state index is 12.5. The second-order valence-corrected chi connectivity index (χ2v) is 4.60. The Hall–Kier alpha value is -3.03. The van der Waals surface area contributed by atoms with Crippen LogP contribution in [0.5, 0.6) is 0 Å². The minimum atomic E-state index is -0.648. The molecule has 0 aliphatic carbocycles. The highest BCUT2D eigenvalue weighted by Gasteiger charge is 2.33. The van der Waals surface area contributed by atoms with Crippen LogP contribution < -0.4 is 0 Å². The molecule has 1 atom stereocenters. The Morgan fingerprint density at radius 1 is 1.41 bits per heavy atom. The Labute approximate surface area is 125 Å². The second kappa shape index (κ2) is 6.61. The Balaban J connectivity index is 2.33. The zero-order valence-corrected chi connectivity index (χ0v) is 11.4. The maximum absolute atomic E-state index is 12.5. The van der Waals surface area contributed by atoms with Gasteiger partial charge in [0.25, 0.3) is 18.1 Å². The zero-order valence-electron chi connectivity index (χ0n) is 11.4. The number of amides is 1. The van der Waals surface area contributed by atoms with Crippen LogP contribution in [0.25, 0.3) is 0 Å². The number of para-hydroxylation sites is 1. The predicted molar refractivity (Wildman–Crippen MR) is 73.8 cm³/mol. The number of aldehydes is 1. The van der Waals surface area contributed by atoms with E-state index in [1.165, 1.54) is 35.4 Å². The molecule has 1 amide bonds. The van der Waals surface area contributed by atoms with Crippen molar-refractivity contribution in [2.45, 2.75) is 12.5 Å². The summed E-state index contributed by atoms with van der Waals surface area (Å²) in [4.78, 5) is 45.3. The lowest BCUT2D eigenvalue weighted by molar-refractivity contribution is -0.385. The van der Waals surface area contributed by atoms with Crippen molar-refractivity contribution in [1.82, 2.24) is 4.90 Å². The molecule has 0 N–H and O–H groups in total. The lowest BCUT2D eigenvalue weighted by atomic mass is 10.1. The van der Waals surface area contributed by atoms with Gasteiger partial charge in [-0.1, -0.05) is 12.1 Å². The van der Waals surface area contributed by atoms with Crippen LogP contribution in [0.4, 0.5) is 5.69 Å². The van der Waals surface area contributed by atoms with Crippen LogP contribution in [0.1, 0.15) is 16.8 Å². The summed E-state index contributed by atoms with van der Waals surface area (Å²) in [6, 6.07) is 4.98. The van der Waals surface area contributed by atoms with Crippen molar-refractivity contribution in [2.75, 3.05) is 6.61 Å². The quantitative estimate of drug-likeness (QED) is 0.442. The van der Waals surface area contributed by atoms with E-state index in [9.17, 15) is 24.5 Å². The van der Waals surface area contributed by atoms with Gasteiger partial charge in [-0.05, 0) is 6.07 Å². The number of hydrogen-bond acceptors (Lipinski definition) is 6. The first-order chi connectivity index (χ1) is 10.6. The molecule has 8 heteroatoms. The third-order valence-electron chi connectivity index (χ3n) is 3.24. The number of nitro groups is 1. The maximum Gasteiger partial charge on any atom is 0.293 e. The van der Waals surface area contributed by atoms with Crippen molar-refractivity contribution in [1.29, 1.82) is 0 Å². The molecule has 1 aromatic rings. The number of ether oxygens (including phenoxy) is 1. The first-order valence-corrected chi connectivity index (χ1v) is 6.35. The molecule has 22 heavy (non-hydrogen) atoms. The molecular formula is C14H12N2O6. The van der Waals surface area contributed by atoms with Crippen LogP contribution in [0.15, 0.2) is 36.0 Å². The average Bonchev–Trinajstić information content (AvgIpc) is 2.95. The van der Waals surface area contributed by atoms with Crippen LogP contribution in [0, 0.1) is 10.1 Å². The van der Waals surface area contributed by atoms with Gasteiger partial charge in [-0.2, -0.15) is 0 Å². The van der Waals surface area contributed by atoms with E-state index < -0.39 is 16.9 Å². The van der Waals surface area contributed by atoms with E-state index in [4.69, 9.17) is 0 Å². The third-order valence-corrected chi connectivity index (χ3v) is 3.24. The van der Waals surface area contributed by atoms with E-state index in [2.05, 4.69) is 4.74 Å². The largest absolute Gasteiger partial charge is 0.466 e. The second-order valence-electron chi connectivity index (χ2n) is 4.60. The number of carbonyl (C=O) groups is 3. The summed E-state index contributed by atoms with van der Waals surface area (Å²) < 4.78 is 4.65. The van der Waals surface area contributed by atoms with Crippen molar-refractivity contribution in [3.05, 3.63) is 51.7 Å². The summed E-state index contributed by atoms with van der Waals surface area (Å²) in [5.74, 6) is -0.622. The van der Waals surface area contributed by atoms with Gasteiger partial charge < -0.3 is 9.64 Å². The number of hydrogen-bond donors (Lipinski definition) is 0. The molecule has 1 aliphatic heterocycles. The SMILES string of the molecule is O=COC[C@@H]1CC(C=O)=CN1C(=O)c1ccccc1[N+](=O)[O-]. The smallest absolute Gasteiger partial charge is 0.293 e. The van der Waals surface area contributed by atoms with Crippen molar-refractivity contribution in [3.8, 4) is 0 Å². The van der Waals surface area contributed by atoms with Crippen LogP contribution in [0.3, 0.4) is 0 Å². The summed E-state index contributed by atoms with van der Waals surface area (Å²) in [7, 11) is 0. The minimum Gasteiger partial charge on any atom is -0.466 e. The van der Waals surface area contributed by atoms with E-state index in [1.807, 2.05) is 0 Å². The molecule has 0 aromatic heterocycles. The molecule has 114 valence electrons. The molecule has 0 bridgehead atoms. The fraction of sp³-hybridized carbons (Fsp3) is 0.214. The molecule has 0 saturated heterocycles. The molecule has 1 aliphatic rings. The van der Waals surface area contributed by atoms with Gasteiger partial charge in [0.1, 0.15) is 18.5 Å². The molecule has 0 unspecified atom stereocenters. The Kier molecular flexibility index (Phi) is 4.62. The summed E-state index contributed by atoms with van der Waals surface area (Å²) in [6.45, 7) is 0.149. The summed E-state index contributed by atoms with van der Waals surface area (Å²) in [5.41, 5.74) is -0.0612. The van der Waals surface area contributed by atoms with Crippen LogP contribution in [0.2, 0.25) is 0 Å². The van der Waals surface area contributed by atoms with Gasteiger partial charge in [0.15, 0.2) is 0 Å². The van der Waals surface area contributed by atoms with Crippen molar-refractivity contribution < 1.29 is 24.0 Å². The van der Waals surface area contributed by atoms with Crippen molar-refractivity contribution >= 4 is 24.4 Å². The molecule has 0 fully saturated rings. The molecule has 0 saturated carbocycles. The summed E-state index contributed by atoms with van der Waals surface area (Å²) in [6.07, 6.45) is 2.15. The van der Waals surface area contributed by atoms with E-state index in [0.717, 1.165) is 0 Å². The van der Waals surface area contributed by atoms with Crippen molar-refractivity contribution in [3.63, 3.8) is 0 Å². The third kappa shape index (κ3) is 3.00. The minimum absolute atomic E-state index is 0.0907. The first kappa shape index (κ1) is 15.4. The topological polar surface area (TPSA) is 107 Å². The van der Waals surface area contributed by atoms with E-state index in [0.29, 0.717) is 11.9 Å². The van der Waals surface area contributed by atoms with Crippen molar-refractivity contribution in [2.24, 2.45) is 0 Å². The number of benzene rings is 1. The number of nitro benzene ring substituents is 1. The van der Waals surface area contributed by atoms with E-state index >= 15 is 0 Å². The summed E-state index contributed by atoms with van der Waals surface area (Å²) >= 11 is 0. The fourth-order valence-electron chi connectivity index (χ4n) is 2.25. The fourth-order valence-corrected chi connectivity index (χ4v) is 2.25. The van der Waals surface area contributed by atoms with Crippen LogP contribution in [-0.2, 0) is 14.3 Å². The molecular weight excluding hydrogens is 292 g/mol. The highest BCUT2D eigenvalue weighted by Crippen LogP contribution is 2.26. The zero-order chi connectivity index (χ0) is 16.1. The van der Waals surface area contributed by atoms with Gasteiger partial charge in [0.2, 0.25) is 0 Å². The Morgan fingerprint density at radius 3 is 2.77 bits per heavy atom. The molecule has 1 aromatic carbocycles. The lowest BCUT2D eigenvalue weighted by Crippen LogP contribution is -2.36. The van der Waals surface area contributed by atoms with Crippen LogP contribution >= 0.6 is 0 Å². The van der Waals surface area contributed by atoms with Gasteiger partial charge in [0.05, 0.1) is 11.0 Å². The standard InChI is InChI=1S/C14H12N2O6/c17-7-10-5-11(8-22-9-18)15(6-10)14(19)12-3-1-2-4-13(12)16(20)21/h1-4,6-7,9,11H,5,8H2/t11-/m0/s1. The highest BCUT2D eigenvalue weighted by atomic mass is 16.6. The van der Waals surface area contributed by atoms with Gasteiger partial charge in [-0.15, -0.1) is 0 Å². The van der Waals surface area contributed by atoms with E-state index in [1.54, 1.807) is 0 Å². The number of rotatable bonds is 6. The predicted octanol–water partition coefficient (Wildman–Crippen LogP) is 1.07. The number of nitrogens with zero attached hydrogens (tertiary/aromatic N) is 2. The molecule has 2 rings (SSSR count). The van der Waals surface area contributed by atoms with Gasteiger partial charge in [-0.3, -0.25) is 24.5 Å². The molecule has 8 nitrogen and oxygen atoms in total. The monoisotopic (exact) mass is 304 g/mol. The van der Waals surface area contributed by atoms with Crippen LogP contribution in [-0.4, -0.2) is 41.1 Å². The van der Waals surface area contributed by atoms with Gasteiger partial charge in [0, 0.05) is 24.3 Å².